The molecule has 2 aromatic carbocycles. The average molecular weight is 767 g/mol. The van der Waals surface area contributed by atoms with Crippen molar-refractivity contribution in [3.8, 4) is 22.6 Å². The molecule has 2 aromatic rings. The van der Waals surface area contributed by atoms with Crippen molar-refractivity contribution in [3.63, 3.8) is 0 Å². The number of likely N-dealkylation sites (tertiary alicyclic amines) is 1. The van der Waals surface area contributed by atoms with Gasteiger partial charge in [0.05, 0.1) is 0 Å². The Morgan fingerprint density at radius 1 is 0.836 bits per heavy atom. The van der Waals surface area contributed by atoms with E-state index in [1.165, 1.54) is 12.1 Å². The lowest BCUT2D eigenvalue weighted by atomic mass is 9.95. The normalized spacial score (nSPS) is 19.9. The zero-order valence-corrected chi connectivity index (χ0v) is 32.8. The smallest absolute Gasteiger partial charge is 0.410 e. The number of alkyl carbamates (subject to hydrolysis) is 1. The van der Waals surface area contributed by atoms with Gasteiger partial charge in [-0.05, 0) is 133 Å². The molecule has 15 heteroatoms. The fourth-order valence-corrected chi connectivity index (χ4v) is 6.49. The van der Waals surface area contributed by atoms with E-state index in [2.05, 4.69) is 21.3 Å². The summed E-state index contributed by atoms with van der Waals surface area (Å²) in [6.45, 7) is 12.1. The second-order valence-corrected chi connectivity index (χ2v) is 16.4. The number of amides is 5. The Hall–Kier alpha value is -5.05. The van der Waals surface area contributed by atoms with Crippen LogP contribution < -0.4 is 27.0 Å². The molecule has 1 fully saturated rings. The zero-order chi connectivity index (χ0) is 40.5. The summed E-state index contributed by atoms with van der Waals surface area (Å²) < 4.78 is 10.9. The molecule has 8 N–H and O–H groups in total. The SMILES string of the molecule is CC(C)(C)OC(=O)NC1Cc2cc(ccc2O)-c2ccc(O)c(c2)CC(C(=O)NCC2CCN(C(=O)OC(C)(C)C)CC2)NC(=O)[C@H](CCCCN)NC1=O. The van der Waals surface area contributed by atoms with Crippen LogP contribution in [0.25, 0.3) is 11.1 Å². The molecular formula is C40H58N6O9. The Labute approximate surface area is 323 Å². The molecule has 302 valence electrons. The van der Waals surface area contributed by atoms with E-state index in [0.717, 1.165) is 0 Å². The maximum atomic E-state index is 14.0. The monoisotopic (exact) mass is 766 g/mol. The molecule has 2 aliphatic rings. The summed E-state index contributed by atoms with van der Waals surface area (Å²) >= 11 is 0. The lowest BCUT2D eigenvalue weighted by molar-refractivity contribution is -0.132. The van der Waals surface area contributed by atoms with Crippen molar-refractivity contribution in [1.29, 1.82) is 0 Å². The van der Waals surface area contributed by atoms with Gasteiger partial charge in [0.2, 0.25) is 17.7 Å². The van der Waals surface area contributed by atoms with Crippen LogP contribution in [0.5, 0.6) is 11.5 Å². The summed E-state index contributed by atoms with van der Waals surface area (Å²) in [7, 11) is 0. The van der Waals surface area contributed by atoms with Crippen molar-refractivity contribution in [2.75, 3.05) is 26.2 Å². The van der Waals surface area contributed by atoms with Crippen molar-refractivity contribution in [2.45, 2.75) is 116 Å². The molecular weight excluding hydrogens is 708 g/mol. The standard InChI is InChI=1S/C40H58N6O9/c1-39(2,3)54-37(52)45-31-22-28-20-26(11-13-33(28)48)25-10-12-32(47)27(19-25)21-30(44-35(50)29(43-36(31)51)9-7-8-16-41)34(49)42-23-24-14-17-46(18-15-24)38(53)55-40(4,5)6/h10-13,19-20,24,29-31,47-48H,7-9,14-18,21-23,41H2,1-6H3,(H,42,49)(H,43,51)(H,44,50)(H,45,52)/t29-,30?,31?/m0/s1. The van der Waals surface area contributed by atoms with Crippen LogP contribution in [-0.4, -0.2) is 101 Å². The lowest BCUT2D eigenvalue weighted by Crippen LogP contribution is -2.58. The van der Waals surface area contributed by atoms with Crippen LogP contribution in [0.3, 0.4) is 0 Å². The third-order valence-electron chi connectivity index (χ3n) is 9.39. The van der Waals surface area contributed by atoms with E-state index in [4.69, 9.17) is 15.2 Å². The maximum Gasteiger partial charge on any atom is 0.410 e. The van der Waals surface area contributed by atoms with E-state index < -0.39 is 53.1 Å². The number of carbonyl (C=O) groups excluding carboxylic acids is 5. The molecule has 0 spiro atoms. The van der Waals surface area contributed by atoms with Crippen molar-refractivity contribution in [2.24, 2.45) is 11.7 Å². The molecule has 15 nitrogen and oxygen atoms in total. The highest BCUT2D eigenvalue weighted by Crippen LogP contribution is 2.31. The first-order valence-electron chi connectivity index (χ1n) is 19.0. The topological polar surface area (TPSA) is 222 Å². The van der Waals surface area contributed by atoms with Crippen LogP contribution in [0.1, 0.15) is 84.8 Å². The molecule has 2 heterocycles. The number of aromatic hydroxyl groups is 2. The van der Waals surface area contributed by atoms with Crippen LogP contribution in [-0.2, 0) is 36.7 Å². The Bertz CT molecular complexity index is 1690. The molecule has 0 aliphatic carbocycles. The van der Waals surface area contributed by atoms with Crippen molar-refractivity contribution in [3.05, 3.63) is 47.5 Å². The molecule has 1 saturated heterocycles. The summed E-state index contributed by atoms with van der Waals surface area (Å²) in [5.41, 5.74) is 6.29. The van der Waals surface area contributed by atoms with Gasteiger partial charge in [0.15, 0.2) is 0 Å². The first-order chi connectivity index (χ1) is 25.8. The number of hydrogen-bond acceptors (Lipinski definition) is 10. The van der Waals surface area contributed by atoms with Gasteiger partial charge in [0, 0.05) is 32.5 Å². The second-order valence-electron chi connectivity index (χ2n) is 16.4. The summed E-state index contributed by atoms with van der Waals surface area (Å²) in [5, 5.41) is 33.0. The number of phenols is 2. The van der Waals surface area contributed by atoms with Crippen molar-refractivity contribution < 1.29 is 43.7 Å². The Kier molecular flexibility index (Phi) is 14.4. The minimum Gasteiger partial charge on any atom is -0.508 e. The molecule has 0 radical (unpaired) electrons. The van der Waals surface area contributed by atoms with E-state index in [9.17, 15) is 34.2 Å². The van der Waals surface area contributed by atoms with Gasteiger partial charge in [0.25, 0.3) is 0 Å². The van der Waals surface area contributed by atoms with Gasteiger partial charge >= 0.3 is 12.2 Å². The van der Waals surface area contributed by atoms with Crippen LogP contribution in [0, 0.1) is 5.92 Å². The molecule has 0 saturated carbocycles. The fourth-order valence-electron chi connectivity index (χ4n) is 6.49. The number of nitrogens with one attached hydrogen (secondary N) is 4. The van der Waals surface area contributed by atoms with Gasteiger partial charge in [0.1, 0.15) is 40.8 Å². The van der Waals surface area contributed by atoms with Crippen molar-refractivity contribution in [1.82, 2.24) is 26.2 Å². The number of benzene rings is 2. The highest BCUT2D eigenvalue weighted by atomic mass is 16.6. The number of unbranched alkanes of at least 4 members (excludes halogenated alkanes) is 1. The maximum absolute atomic E-state index is 14.0. The number of fused-ring (bicyclic) bond motifs is 5. The van der Waals surface area contributed by atoms with E-state index >= 15 is 0 Å². The molecule has 2 unspecified atom stereocenters. The molecule has 4 bridgehead atoms. The Morgan fingerprint density at radius 3 is 1.98 bits per heavy atom. The van der Waals surface area contributed by atoms with Crippen LogP contribution >= 0.6 is 0 Å². The summed E-state index contributed by atoms with van der Waals surface area (Å²) in [6.07, 6.45) is 1.05. The predicted molar refractivity (Wildman–Crippen MR) is 206 cm³/mol. The first kappa shape index (κ1) is 42.7. The second kappa shape index (κ2) is 18.5. The third kappa shape index (κ3) is 13.0. The highest BCUT2D eigenvalue weighted by Gasteiger charge is 2.33. The minimum atomic E-state index is -1.26. The van der Waals surface area contributed by atoms with Gasteiger partial charge in [-0.1, -0.05) is 12.1 Å². The number of carbonyl (C=O) groups is 5. The largest absolute Gasteiger partial charge is 0.508 e. The number of hydrogen-bond donors (Lipinski definition) is 7. The number of nitrogens with zero attached hydrogens (tertiary/aromatic N) is 1. The van der Waals surface area contributed by atoms with E-state index in [1.807, 2.05) is 20.8 Å². The van der Waals surface area contributed by atoms with Gasteiger partial charge in [-0.25, -0.2) is 9.59 Å². The van der Waals surface area contributed by atoms with Gasteiger partial charge in [-0.2, -0.15) is 0 Å². The highest BCUT2D eigenvalue weighted by molar-refractivity contribution is 5.94. The van der Waals surface area contributed by atoms with E-state index in [-0.39, 0.29) is 42.8 Å². The van der Waals surface area contributed by atoms with Crippen LogP contribution in [0.4, 0.5) is 9.59 Å². The number of ether oxygens (including phenoxy) is 2. The zero-order valence-electron chi connectivity index (χ0n) is 32.8. The molecule has 3 atom stereocenters. The first-order valence-corrected chi connectivity index (χ1v) is 19.0. The lowest BCUT2D eigenvalue weighted by Gasteiger charge is -2.33. The third-order valence-corrected chi connectivity index (χ3v) is 9.39. The summed E-state index contributed by atoms with van der Waals surface area (Å²) in [4.78, 5) is 69.1. The number of nitrogens with two attached hydrogens (primary N) is 1. The van der Waals surface area contributed by atoms with Crippen molar-refractivity contribution >= 4 is 29.9 Å². The average Bonchev–Trinajstić information content (AvgIpc) is 3.09. The van der Waals surface area contributed by atoms with Gasteiger partial charge < -0.3 is 51.6 Å². The Balaban J connectivity index is 1.64. The quantitative estimate of drug-likeness (QED) is 0.194. The minimum absolute atomic E-state index is 0.0683. The number of phenolic OH excluding ortho intramolecular Hbond substituents is 2. The van der Waals surface area contributed by atoms with E-state index in [0.29, 0.717) is 74.1 Å². The molecule has 0 aromatic heterocycles. The van der Waals surface area contributed by atoms with Gasteiger partial charge in [-0.3, -0.25) is 14.4 Å². The molecule has 4 rings (SSSR count). The summed E-state index contributed by atoms with van der Waals surface area (Å²) in [5.74, 6) is -1.95. The van der Waals surface area contributed by atoms with Crippen LogP contribution in [0.2, 0.25) is 0 Å². The molecule has 55 heavy (non-hydrogen) atoms. The molecule has 5 amide bonds. The number of piperidine rings is 1. The van der Waals surface area contributed by atoms with Crippen LogP contribution in [0.15, 0.2) is 36.4 Å². The van der Waals surface area contributed by atoms with E-state index in [1.54, 1.807) is 49.9 Å². The summed E-state index contributed by atoms with van der Waals surface area (Å²) in [6, 6.07) is 6.19. The fraction of sp³-hybridized carbons (Fsp3) is 0.575. The molecule has 2 aliphatic heterocycles. The predicted octanol–water partition coefficient (Wildman–Crippen LogP) is 3.62. The van der Waals surface area contributed by atoms with Gasteiger partial charge in [-0.15, -0.1) is 0 Å². The Morgan fingerprint density at radius 2 is 1.42 bits per heavy atom. The number of rotatable bonds is 8.